The molecule has 2 N–H and O–H groups in total. The summed E-state index contributed by atoms with van der Waals surface area (Å²) >= 11 is 0. The maximum atomic E-state index is 12.6. The number of benzene rings is 1. The summed E-state index contributed by atoms with van der Waals surface area (Å²) in [6.45, 7) is 3.62. The highest BCUT2D eigenvalue weighted by atomic mass is 16.5. The molecule has 0 spiro atoms. The zero-order valence-electron chi connectivity index (χ0n) is 14.9. The van der Waals surface area contributed by atoms with Crippen LogP contribution in [0.25, 0.3) is 0 Å². The number of esters is 1. The highest BCUT2D eigenvalue weighted by Gasteiger charge is 2.45. The molecule has 0 heterocycles. The third-order valence-corrected chi connectivity index (χ3v) is 4.32. The fraction of sp³-hybridized carbons (Fsp3) is 0.474. The fourth-order valence-electron chi connectivity index (χ4n) is 3.29. The number of aliphatic hydroxyl groups is 1. The molecule has 7 heteroatoms. The van der Waals surface area contributed by atoms with Crippen LogP contribution in [0.3, 0.4) is 0 Å². The van der Waals surface area contributed by atoms with Gasteiger partial charge in [-0.25, -0.2) is 5.43 Å². The van der Waals surface area contributed by atoms with E-state index in [4.69, 9.17) is 10.00 Å². The Hall–Kier alpha value is -2.72. The molecule has 0 bridgehead atoms. The molecule has 138 valence electrons. The number of rotatable bonds is 5. The maximum Gasteiger partial charge on any atom is 0.315 e. The fourth-order valence-corrected chi connectivity index (χ4v) is 3.29. The smallest absolute Gasteiger partial charge is 0.315 e. The van der Waals surface area contributed by atoms with E-state index in [1.807, 2.05) is 30.3 Å². The molecule has 7 nitrogen and oxygen atoms in total. The summed E-state index contributed by atoms with van der Waals surface area (Å²) < 4.78 is 5.22. The van der Waals surface area contributed by atoms with Crippen LogP contribution >= 0.6 is 0 Å². The molecule has 1 aromatic carbocycles. The number of carbonyl (C=O) groups is 2. The quantitative estimate of drug-likeness (QED) is 0.617. The van der Waals surface area contributed by atoms with E-state index < -0.39 is 23.4 Å². The molecular weight excluding hydrogens is 334 g/mol. The van der Waals surface area contributed by atoms with E-state index in [0.717, 1.165) is 5.56 Å². The van der Waals surface area contributed by atoms with Crippen LogP contribution in [-0.4, -0.2) is 34.9 Å². The number of hydrogen-bond acceptors (Lipinski definition) is 6. The monoisotopic (exact) mass is 357 g/mol. The number of nitrogens with one attached hydrogen (secondary N) is 1. The SMILES string of the molecule is CCOC(=O)[C@@H]1/C(=N\NC(=O)CC#N)C[C@@](C)(O)C[C@@H]1c1ccccc1. The molecule has 0 aliphatic heterocycles. The first-order chi connectivity index (χ1) is 12.4. The van der Waals surface area contributed by atoms with Crippen LogP contribution in [0.5, 0.6) is 0 Å². The third kappa shape index (κ3) is 4.90. The van der Waals surface area contributed by atoms with E-state index in [2.05, 4.69) is 10.5 Å². The Morgan fingerprint density at radius 2 is 2.12 bits per heavy atom. The maximum absolute atomic E-state index is 12.6. The topological polar surface area (TPSA) is 112 Å². The predicted octanol–water partition coefficient (Wildman–Crippen LogP) is 1.88. The zero-order chi connectivity index (χ0) is 19.2. The molecule has 1 amide bonds. The Bertz CT molecular complexity index is 722. The first-order valence-corrected chi connectivity index (χ1v) is 8.54. The van der Waals surface area contributed by atoms with Gasteiger partial charge < -0.3 is 9.84 Å². The summed E-state index contributed by atoms with van der Waals surface area (Å²) in [5.74, 6) is -2.04. The van der Waals surface area contributed by atoms with Gasteiger partial charge in [-0.1, -0.05) is 30.3 Å². The highest BCUT2D eigenvalue weighted by molar-refractivity contribution is 6.04. The molecule has 0 unspecified atom stereocenters. The summed E-state index contributed by atoms with van der Waals surface area (Å²) in [6, 6.07) is 11.1. The van der Waals surface area contributed by atoms with Crippen molar-refractivity contribution in [3.63, 3.8) is 0 Å². The van der Waals surface area contributed by atoms with Crippen molar-refractivity contribution < 1.29 is 19.4 Å². The van der Waals surface area contributed by atoms with Gasteiger partial charge in [0.15, 0.2) is 0 Å². The highest BCUT2D eigenvalue weighted by Crippen LogP contribution is 2.41. The van der Waals surface area contributed by atoms with Crippen LogP contribution in [0, 0.1) is 17.2 Å². The van der Waals surface area contributed by atoms with Gasteiger partial charge in [0.25, 0.3) is 5.91 Å². The average Bonchev–Trinajstić information content (AvgIpc) is 2.60. The van der Waals surface area contributed by atoms with Crippen molar-refractivity contribution in [2.75, 3.05) is 6.61 Å². The van der Waals surface area contributed by atoms with Crippen molar-refractivity contribution in [1.82, 2.24) is 5.43 Å². The lowest BCUT2D eigenvalue weighted by Gasteiger charge is -2.39. The van der Waals surface area contributed by atoms with Crippen molar-refractivity contribution >= 4 is 17.6 Å². The lowest BCUT2D eigenvalue weighted by atomic mass is 9.68. The van der Waals surface area contributed by atoms with E-state index in [9.17, 15) is 14.7 Å². The number of hydrogen-bond donors (Lipinski definition) is 2. The Morgan fingerprint density at radius 3 is 2.73 bits per heavy atom. The van der Waals surface area contributed by atoms with Gasteiger partial charge in [-0.15, -0.1) is 0 Å². The van der Waals surface area contributed by atoms with Gasteiger partial charge >= 0.3 is 5.97 Å². The van der Waals surface area contributed by atoms with Gasteiger partial charge in [0.05, 0.1) is 24.0 Å². The van der Waals surface area contributed by atoms with Gasteiger partial charge in [0.1, 0.15) is 12.3 Å². The minimum atomic E-state index is -1.08. The van der Waals surface area contributed by atoms with Gasteiger partial charge in [0, 0.05) is 12.3 Å². The molecule has 2 rings (SSSR count). The van der Waals surface area contributed by atoms with Crippen LogP contribution < -0.4 is 5.43 Å². The molecule has 26 heavy (non-hydrogen) atoms. The minimum Gasteiger partial charge on any atom is -0.465 e. The van der Waals surface area contributed by atoms with Crippen molar-refractivity contribution in [2.24, 2.45) is 11.0 Å². The molecule has 1 saturated carbocycles. The molecule has 1 aliphatic rings. The summed E-state index contributed by atoms with van der Waals surface area (Å²) in [4.78, 5) is 24.2. The number of ether oxygens (including phenoxy) is 1. The molecule has 1 aliphatic carbocycles. The average molecular weight is 357 g/mol. The molecular formula is C19H23N3O4. The summed E-state index contributed by atoms with van der Waals surface area (Å²) in [5.41, 5.74) is 2.45. The molecule has 1 aromatic rings. The number of carbonyl (C=O) groups excluding carboxylic acids is 2. The zero-order valence-corrected chi connectivity index (χ0v) is 14.9. The van der Waals surface area contributed by atoms with E-state index >= 15 is 0 Å². The van der Waals surface area contributed by atoms with Crippen molar-refractivity contribution in [3.05, 3.63) is 35.9 Å². The predicted molar refractivity (Wildman–Crippen MR) is 95.0 cm³/mol. The van der Waals surface area contributed by atoms with Crippen molar-refractivity contribution in [1.29, 1.82) is 5.26 Å². The van der Waals surface area contributed by atoms with Crippen LogP contribution in [-0.2, 0) is 14.3 Å². The second-order valence-corrected chi connectivity index (χ2v) is 6.60. The Labute approximate surface area is 152 Å². The Morgan fingerprint density at radius 1 is 1.42 bits per heavy atom. The Kier molecular flexibility index (Phi) is 6.47. The third-order valence-electron chi connectivity index (χ3n) is 4.32. The lowest BCUT2D eigenvalue weighted by molar-refractivity contribution is -0.147. The van der Waals surface area contributed by atoms with Crippen LogP contribution in [0.15, 0.2) is 35.4 Å². The normalized spacial score (nSPS) is 26.8. The van der Waals surface area contributed by atoms with Crippen LogP contribution in [0.4, 0.5) is 0 Å². The first kappa shape index (κ1) is 19.6. The minimum absolute atomic E-state index is 0.132. The molecule has 3 atom stereocenters. The molecule has 0 aromatic heterocycles. The molecule has 0 radical (unpaired) electrons. The second-order valence-electron chi connectivity index (χ2n) is 6.60. The standard InChI is InChI=1S/C19H23N3O4/c1-3-26-18(24)17-14(13-7-5-4-6-8-13)11-19(2,25)12-15(17)21-22-16(23)9-10-20/h4-8,14,17,25H,3,9,11-12H2,1-2H3,(H,22,23)/b21-15-/t14-,17+,19+/m1/s1. The van der Waals surface area contributed by atoms with E-state index in [-0.39, 0.29) is 25.4 Å². The van der Waals surface area contributed by atoms with Crippen molar-refractivity contribution in [2.45, 2.75) is 44.6 Å². The van der Waals surface area contributed by atoms with E-state index in [1.54, 1.807) is 19.9 Å². The number of hydrazone groups is 1. The number of nitrogens with zero attached hydrogens (tertiary/aromatic N) is 2. The first-order valence-electron chi connectivity index (χ1n) is 8.54. The van der Waals surface area contributed by atoms with Gasteiger partial charge in [-0.3, -0.25) is 9.59 Å². The summed E-state index contributed by atoms with van der Waals surface area (Å²) in [6.07, 6.45) is 0.164. The van der Waals surface area contributed by atoms with Crippen LogP contribution in [0.2, 0.25) is 0 Å². The second kappa shape index (κ2) is 8.59. The molecule has 0 saturated heterocycles. The van der Waals surface area contributed by atoms with E-state index in [1.165, 1.54) is 0 Å². The molecule has 1 fully saturated rings. The number of nitriles is 1. The number of amides is 1. The summed E-state index contributed by atoms with van der Waals surface area (Å²) in [5, 5.41) is 23.3. The van der Waals surface area contributed by atoms with E-state index in [0.29, 0.717) is 12.1 Å². The van der Waals surface area contributed by atoms with Gasteiger partial charge in [-0.2, -0.15) is 10.4 Å². The van der Waals surface area contributed by atoms with Crippen molar-refractivity contribution in [3.8, 4) is 6.07 Å². The lowest BCUT2D eigenvalue weighted by Crippen LogP contribution is -2.46. The Balaban J connectivity index is 2.41. The van der Waals surface area contributed by atoms with Gasteiger partial charge in [-0.05, 0) is 25.8 Å². The summed E-state index contributed by atoms with van der Waals surface area (Å²) in [7, 11) is 0. The van der Waals surface area contributed by atoms with Crippen LogP contribution in [0.1, 0.15) is 44.6 Å². The largest absolute Gasteiger partial charge is 0.465 e. The van der Waals surface area contributed by atoms with Gasteiger partial charge in [0.2, 0.25) is 0 Å².